The Morgan fingerprint density at radius 3 is 2.82 bits per heavy atom. The summed E-state index contributed by atoms with van der Waals surface area (Å²) in [6, 6.07) is 5.19. The molecule has 0 bridgehead atoms. The molecule has 0 spiro atoms. The van der Waals surface area contributed by atoms with Crippen molar-refractivity contribution in [2.45, 2.75) is 20.3 Å². The van der Waals surface area contributed by atoms with Gasteiger partial charge in [0.2, 0.25) is 0 Å². The van der Waals surface area contributed by atoms with Crippen molar-refractivity contribution >= 4 is 11.6 Å². The molecule has 0 saturated heterocycles. The molecule has 0 fully saturated rings. The van der Waals surface area contributed by atoms with Crippen LogP contribution in [-0.2, 0) is 0 Å². The predicted molar refractivity (Wildman–Crippen MR) is 69.2 cm³/mol. The highest BCUT2D eigenvalue weighted by Gasteiger charge is 2.15. The van der Waals surface area contributed by atoms with Gasteiger partial charge in [-0.15, -0.1) is 0 Å². The number of carbonyl (C=O) groups excluding carboxylic acids is 1. The van der Waals surface area contributed by atoms with Gasteiger partial charge >= 0.3 is 0 Å². The molecule has 0 heterocycles. The van der Waals surface area contributed by atoms with E-state index in [4.69, 9.17) is 10.5 Å². The lowest BCUT2D eigenvalue weighted by Crippen LogP contribution is -2.29. The van der Waals surface area contributed by atoms with E-state index in [1.165, 1.54) is 7.11 Å². The fourth-order valence-corrected chi connectivity index (χ4v) is 1.46. The first-order valence-corrected chi connectivity index (χ1v) is 5.80. The van der Waals surface area contributed by atoms with Gasteiger partial charge in [0.05, 0.1) is 7.11 Å². The Morgan fingerprint density at radius 1 is 1.53 bits per heavy atom. The number of nitrogens with two attached hydrogens (primary N) is 1. The van der Waals surface area contributed by atoms with Gasteiger partial charge in [0.25, 0.3) is 5.91 Å². The van der Waals surface area contributed by atoms with Crippen molar-refractivity contribution in [3.63, 3.8) is 0 Å². The molecular formula is C13H20N2O2. The molecule has 0 aliphatic carbocycles. The van der Waals surface area contributed by atoms with Crippen LogP contribution in [0.15, 0.2) is 18.2 Å². The lowest BCUT2D eigenvalue weighted by molar-refractivity contribution is 0.0946. The van der Waals surface area contributed by atoms with E-state index < -0.39 is 0 Å². The first-order chi connectivity index (χ1) is 8.10. The van der Waals surface area contributed by atoms with Gasteiger partial charge in [0, 0.05) is 12.2 Å². The molecule has 0 saturated carbocycles. The number of nitrogens with one attached hydrogen (secondary N) is 1. The average Bonchev–Trinajstić information content (AvgIpc) is 2.34. The molecule has 94 valence electrons. The van der Waals surface area contributed by atoms with Gasteiger partial charge in [0.15, 0.2) is 0 Å². The van der Waals surface area contributed by atoms with Gasteiger partial charge < -0.3 is 15.8 Å². The monoisotopic (exact) mass is 236 g/mol. The van der Waals surface area contributed by atoms with Crippen molar-refractivity contribution in [1.29, 1.82) is 0 Å². The van der Waals surface area contributed by atoms with E-state index in [-0.39, 0.29) is 5.91 Å². The number of carbonyl (C=O) groups is 1. The highest BCUT2D eigenvalue weighted by atomic mass is 16.5. The van der Waals surface area contributed by atoms with Crippen LogP contribution in [-0.4, -0.2) is 19.6 Å². The van der Waals surface area contributed by atoms with Crippen LogP contribution in [0.2, 0.25) is 0 Å². The summed E-state index contributed by atoms with van der Waals surface area (Å²) in [4.78, 5) is 12.0. The Bertz CT molecular complexity index is 391. The van der Waals surface area contributed by atoms with Crippen LogP contribution in [0.4, 0.5) is 5.69 Å². The van der Waals surface area contributed by atoms with Gasteiger partial charge in [-0.05, 0) is 18.1 Å². The fourth-order valence-electron chi connectivity index (χ4n) is 1.46. The number of amides is 1. The van der Waals surface area contributed by atoms with Crippen LogP contribution < -0.4 is 15.8 Å². The molecule has 0 radical (unpaired) electrons. The molecular weight excluding hydrogens is 216 g/mol. The number of anilines is 1. The van der Waals surface area contributed by atoms with E-state index in [0.29, 0.717) is 29.5 Å². The van der Waals surface area contributed by atoms with Crippen molar-refractivity contribution in [1.82, 2.24) is 5.32 Å². The van der Waals surface area contributed by atoms with Gasteiger partial charge in [0.1, 0.15) is 11.3 Å². The number of methoxy groups -OCH3 is 1. The quantitative estimate of drug-likeness (QED) is 0.769. The third kappa shape index (κ3) is 3.37. The van der Waals surface area contributed by atoms with Gasteiger partial charge in [-0.1, -0.05) is 26.3 Å². The predicted octanol–water partition coefficient (Wildman–Crippen LogP) is 2.05. The second kappa shape index (κ2) is 6.13. The van der Waals surface area contributed by atoms with Crippen molar-refractivity contribution in [3.8, 4) is 5.75 Å². The molecule has 1 aromatic rings. The van der Waals surface area contributed by atoms with Gasteiger partial charge in [-0.25, -0.2) is 0 Å². The van der Waals surface area contributed by atoms with E-state index >= 15 is 0 Å². The van der Waals surface area contributed by atoms with E-state index in [0.717, 1.165) is 6.42 Å². The van der Waals surface area contributed by atoms with E-state index in [1.54, 1.807) is 18.2 Å². The summed E-state index contributed by atoms with van der Waals surface area (Å²) in [6.07, 6.45) is 1.03. The zero-order chi connectivity index (χ0) is 12.8. The lowest BCUT2D eigenvalue weighted by Gasteiger charge is -2.13. The number of rotatable bonds is 5. The Hall–Kier alpha value is -1.71. The first-order valence-electron chi connectivity index (χ1n) is 5.80. The summed E-state index contributed by atoms with van der Waals surface area (Å²) < 4.78 is 5.14. The maximum Gasteiger partial charge on any atom is 0.257 e. The van der Waals surface area contributed by atoms with Crippen LogP contribution in [0.25, 0.3) is 0 Å². The second-order valence-corrected chi connectivity index (χ2v) is 4.15. The summed E-state index contributed by atoms with van der Waals surface area (Å²) in [6.45, 7) is 4.83. The summed E-state index contributed by atoms with van der Waals surface area (Å²) in [7, 11) is 1.53. The van der Waals surface area contributed by atoms with Crippen molar-refractivity contribution in [3.05, 3.63) is 23.8 Å². The third-order valence-electron chi connectivity index (χ3n) is 2.81. The molecule has 17 heavy (non-hydrogen) atoms. The number of ether oxygens (including phenoxy) is 1. The van der Waals surface area contributed by atoms with Crippen molar-refractivity contribution in [2.75, 3.05) is 19.4 Å². The van der Waals surface area contributed by atoms with Gasteiger partial charge in [-0.2, -0.15) is 0 Å². The molecule has 4 nitrogen and oxygen atoms in total. The van der Waals surface area contributed by atoms with E-state index in [9.17, 15) is 4.79 Å². The maximum absolute atomic E-state index is 12.0. The lowest BCUT2D eigenvalue weighted by atomic mass is 10.1. The molecule has 4 heteroatoms. The van der Waals surface area contributed by atoms with Crippen molar-refractivity contribution in [2.24, 2.45) is 5.92 Å². The van der Waals surface area contributed by atoms with Crippen LogP contribution in [0.1, 0.15) is 30.6 Å². The van der Waals surface area contributed by atoms with Crippen molar-refractivity contribution < 1.29 is 9.53 Å². The maximum atomic E-state index is 12.0. The number of hydrogen-bond donors (Lipinski definition) is 2. The Morgan fingerprint density at radius 2 is 2.24 bits per heavy atom. The van der Waals surface area contributed by atoms with E-state index in [1.807, 2.05) is 0 Å². The smallest absolute Gasteiger partial charge is 0.257 e. The van der Waals surface area contributed by atoms with E-state index in [2.05, 4.69) is 19.2 Å². The zero-order valence-electron chi connectivity index (χ0n) is 10.6. The molecule has 1 aromatic carbocycles. The minimum atomic E-state index is -0.180. The first kappa shape index (κ1) is 13.4. The molecule has 1 rings (SSSR count). The molecule has 0 aliphatic rings. The van der Waals surface area contributed by atoms with Crippen LogP contribution in [0, 0.1) is 5.92 Å². The molecule has 3 N–H and O–H groups in total. The highest BCUT2D eigenvalue weighted by molar-refractivity contribution is 6.01. The molecule has 1 unspecified atom stereocenters. The molecule has 0 aliphatic heterocycles. The highest BCUT2D eigenvalue weighted by Crippen LogP contribution is 2.23. The normalized spacial score (nSPS) is 11.9. The summed E-state index contributed by atoms with van der Waals surface area (Å²) >= 11 is 0. The SMILES string of the molecule is CCC(C)CNC(=O)c1c(N)cccc1OC. The second-order valence-electron chi connectivity index (χ2n) is 4.15. The topological polar surface area (TPSA) is 64.4 Å². The van der Waals surface area contributed by atoms with Gasteiger partial charge in [-0.3, -0.25) is 4.79 Å². The molecule has 0 aromatic heterocycles. The Balaban J connectivity index is 2.81. The minimum absolute atomic E-state index is 0.180. The average molecular weight is 236 g/mol. The summed E-state index contributed by atoms with van der Waals surface area (Å²) in [5.41, 5.74) is 6.65. The zero-order valence-corrected chi connectivity index (χ0v) is 10.6. The minimum Gasteiger partial charge on any atom is -0.496 e. The van der Waals surface area contributed by atoms with Crippen LogP contribution in [0.5, 0.6) is 5.75 Å². The Kier molecular flexibility index (Phi) is 4.82. The van der Waals surface area contributed by atoms with Crippen LogP contribution in [0.3, 0.4) is 0 Å². The number of nitrogen functional groups attached to an aromatic ring is 1. The molecule has 1 amide bonds. The fraction of sp³-hybridized carbons (Fsp3) is 0.462. The third-order valence-corrected chi connectivity index (χ3v) is 2.81. The summed E-state index contributed by atoms with van der Waals surface area (Å²) in [5.74, 6) is 0.779. The summed E-state index contributed by atoms with van der Waals surface area (Å²) in [5, 5.41) is 2.87. The number of hydrogen-bond acceptors (Lipinski definition) is 3. The number of benzene rings is 1. The Labute approximate surface area is 102 Å². The largest absolute Gasteiger partial charge is 0.496 e. The standard InChI is InChI=1S/C13H20N2O2/c1-4-9(2)8-15-13(16)12-10(14)6-5-7-11(12)17-3/h5-7,9H,4,8,14H2,1-3H3,(H,15,16). The molecule has 1 atom stereocenters. The van der Waals surface area contributed by atoms with Crippen LogP contribution >= 0.6 is 0 Å².